The second-order valence-corrected chi connectivity index (χ2v) is 18.0. The van der Waals surface area contributed by atoms with Crippen molar-refractivity contribution in [2.75, 3.05) is 18.8 Å². The Balaban J connectivity index is 1.41. The smallest absolute Gasteiger partial charge is 0.166 e. The summed E-state index contributed by atoms with van der Waals surface area (Å²) in [5.41, 5.74) is 12.5. The van der Waals surface area contributed by atoms with Crippen molar-refractivity contribution in [2.45, 2.75) is 137 Å². The Morgan fingerprint density at radius 3 is 2.22 bits per heavy atom. The van der Waals surface area contributed by atoms with Crippen molar-refractivity contribution in [1.82, 2.24) is 14.9 Å². The Morgan fingerprint density at radius 1 is 0.935 bits per heavy atom. The highest BCUT2D eigenvalue weighted by Gasteiger charge is 2.31. The number of hydrogen-bond donors (Lipinski definition) is 1. The molecule has 0 bridgehead atoms. The second-order valence-electron chi connectivity index (χ2n) is 17.0. The average molecular weight is 641 g/mol. The number of pyridine rings is 1. The highest BCUT2D eigenvalue weighted by molar-refractivity contribution is 7.15. The molecule has 2 aliphatic rings. The van der Waals surface area contributed by atoms with Gasteiger partial charge in [0.05, 0.1) is 9.88 Å². The van der Waals surface area contributed by atoms with Gasteiger partial charge in [-0.1, -0.05) is 66.2 Å². The van der Waals surface area contributed by atoms with E-state index in [-0.39, 0.29) is 21.8 Å². The molecule has 248 valence electrons. The molecule has 5 rings (SSSR count). The number of piperidine rings is 1. The summed E-state index contributed by atoms with van der Waals surface area (Å²) in [4.78, 5) is 13.1. The molecule has 0 radical (unpaired) electrons. The zero-order valence-corrected chi connectivity index (χ0v) is 30.9. The zero-order valence-electron chi connectivity index (χ0n) is 30.1. The van der Waals surface area contributed by atoms with Crippen molar-refractivity contribution in [2.24, 2.45) is 5.41 Å². The van der Waals surface area contributed by atoms with Gasteiger partial charge in [-0.25, -0.2) is 9.97 Å². The van der Waals surface area contributed by atoms with Gasteiger partial charge in [-0.3, -0.25) is 4.90 Å². The molecule has 6 heteroatoms. The Kier molecular flexibility index (Phi) is 9.71. The number of aromatic nitrogens is 2. The van der Waals surface area contributed by atoms with E-state index in [4.69, 9.17) is 15.5 Å². The quantitative estimate of drug-likeness (QED) is 0.281. The van der Waals surface area contributed by atoms with E-state index in [0.29, 0.717) is 24.1 Å². The van der Waals surface area contributed by atoms with Crippen LogP contribution >= 0.6 is 11.3 Å². The number of ether oxygens (including phenoxy) is 1. The Labute approximate surface area is 282 Å². The summed E-state index contributed by atoms with van der Waals surface area (Å²) in [6.45, 7) is 25.6. The molecule has 0 atom stereocenters. The van der Waals surface area contributed by atoms with Gasteiger partial charge >= 0.3 is 0 Å². The number of nitrogens with zero attached hydrogens (tertiary/aromatic N) is 3. The minimum atomic E-state index is -0.0710. The first-order chi connectivity index (χ1) is 21.4. The van der Waals surface area contributed by atoms with Crippen LogP contribution in [-0.2, 0) is 17.4 Å². The number of hydrogen-bond acceptors (Lipinski definition) is 6. The van der Waals surface area contributed by atoms with Gasteiger partial charge in [-0.15, -0.1) is 11.3 Å². The van der Waals surface area contributed by atoms with E-state index >= 15 is 0 Å². The number of nitrogen functional groups attached to an aromatic ring is 1. The van der Waals surface area contributed by atoms with Crippen molar-refractivity contribution in [1.29, 1.82) is 0 Å². The summed E-state index contributed by atoms with van der Waals surface area (Å²) in [6, 6.07) is 6.60. The molecular formula is C40H56N4OS. The van der Waals surface area contributed by atoms with Crippen LogP contribution in [0.25, 0.3) is 10.4 Å². The lowest BCUT2D eigenvalue weighted by atomic mass is 9.72. The minimum Gasteiger partial charge on any atom is -0.485 e. The minimum absolute atomic E-state index is 0.0416. The fourth-order valence-electron chi connectivity index (χ4n) is 7.14. The van der Waals surface area contributed by atoms with Gasteiger partial charge in [-0.2, -0.15) is 0 Å². The summed E-state index contributed by atoms with van der Waals surface area (Å²) in [5, 5.41) is 1.22. The normalized spacial score (nSPS) is 18.0. The van der Waals surface area contributed by atoms with Crippen LogP contribution in [0.1, 0.15) is 141 Å². The Morgan fingerprint density at radius 2 is 1.61 bits per heavy atom. The average Bonchev–Trinajstić information content (AvgIpc) is 3.64. The van der Waals surface area contributed by atoms with Crippen LogP contribution in [0.15, 0.2) is 30.6 Å². The number of anilines is 1. The molecule has 46 heavy (non-hydrogen) atoms. The van der Waals surface area contributed by atoms with Gasteiger partial charge in [0, 0.05) is 40.4 Å². The number of rotatable bonds is 5. The van der Waals surface area contributed by atoms with Crippen LogP contribution in [0, 0.1) is 17.3 Å². The molecule has 0 amide bonds. The van der Waals surface area contributed by atoms with E-state index in [2.05, 4.69) is 103 Å². The van der Waals surface area contributed by atoms with Crippen LogP contribution in [0.4, 0.5) is 5.82 Å². The third-order valence-electron chi connectivity index (χ3n) is 9.86. The van der Waals surface area contributed by atoms with Gasteiger partial charge in [0.1, 0.15) is 6.61 Å². The van der Waals surface area contributed by atoms with E-state index in [1.165, 1.54) is 41.8 Å². The fourth-order valence-corrected chi connectivity index (χ4v) is 8.20. The van der Waals surface area contributed by atoms with Crippen LogP contribution in [0.5, 0.6) is 5.75 Å². The van der Waals surface area contributed by atoms with Gasteiger partial charge in [0.25, 0.3) is 0 Å². The van der Waals surface area contributed by atoms with E-state index in [1.807, 2.05) is 18.5 Å². The van der Waals surface area contributed by atoms with E-state index in [1.54, 1.807) is 11.3 Å². The molecule has 1 saturated carbocycles. The van der Waals surface area contributed by atoms with Crippen molar-refractivity contribution in [3.05, 3.63) is 57.9 Å². The van der Waals surface area contributed by atoms with E-state index < -0.39 is 0 Å². The Bertz CT molecular complexity index is 1590. The molecule has 1 aromatic carbocycles. The number of likely N-dealkylation sites (tertiary alicyclic amines) is 1. The topological polar surface area (TPSA) is 64.3 Å². The summed E-state index contributed by atoms with van der Waals surface area (Å²) < 4.78 is 6.55. The molecule has 2 N–H and O–H groups in total. The molecule has 3 heterocycles. The van der Waals surface area contributed by atoms with Gasteiger partial charge < -0.3 is 10.5 Å². The largest absolute Gasteiger partial charge is 0.485 e. The lowest BCUT2D eigenvalue weighted by Gasteiger charge is -2.40. The molecule has 2 aromatic heterocycles. The number of nitrogens with two attached hydrogens (primary N) is 1. The number of benzene rings is 1. The lowest BCUT2D eigenvalue weighted by molar-refractivity contribution is 0.102. The highest BCUT2D eigenvalue weighted by atomic mass is 32.1. The molecule has 0 unspecified atom stereocenters. The van der Waals surface area contributed by atoms with Crippen LogP contribution in [0.2, 0.25) is 0 Å². The monoisotopic (exact) mass is 640 g/mol. The molecule has 5 nitrogen and oxygen atoms in total. The summed E-state index contributed by atoms with van der Waals surface area (Å²) in [5.74, 6) is 8.76. The van der Waals surface area contributed by atoms with Crippen molar-refractivity contribution in [3.63, 3.8) is 0 Å². The third kappa shape index (κ3) is 7.97. The SMILES string of the molecule is CC1(C#Cc2cc(COc3cc(-c4cnc(C5CCN(C(C)(C)C)CC5)s4)cnc3N)c(C(C)(C)C)c(C(C)(C)C)c2)CCCC1. The second kappa shape index (κ2) is 13.0. The van der Waals surface area contributed by atoms with Crippen LogP contribution in [-0.4, -0.2) is 33.5 Å². The summed E-state index contributed by atoms with van der Waals surface area (Å²) in [7, 11) is 0. The highest BCUT2D eigenvalue weighted by Crippen LogP contribution is 2.41. The molecule has 2 fully saturated rings. The van der Waals surface area contributed by atoms with Crippen molar-refractivity contribution in [3.8, 4) is 28.0 Å². The van der Waals surface area contributed by atoms with Gasteiger partial charge in [0.2, 0.25) is 0 Å². The van der Waals surface area contributed by atoms with E-state index in [9.17, 15) is 0 Å². The lowest BCUT2D eigenvalue weighted by Crippen LogP contribution is -2.45. The predicted octanol–water partition coefficient (Wildman–Crippen LogP) is 9.87. The first-order valence-corrected chi connectivity index (χ1v) is 18.1. The van der Waals surface area contributed by atoms with Gasteiger partial charge in [-0.05, 0) is 112 Å². The molecule has 1 aliphatic heterocycles. The molecule has 0 spiro atoms. The Hall–Kier alpha value is -2.88. The predicted molar refractivity (Wildman–Crippen MR) is 195 cm³/mol. The zero-order chi connectivity index (χ0) is 33.5. The van der Waals surface area contributed by atoms with Crippen molar-refractivity contribution >= 4 is 17.2 Å². The summed E-state index contributed by atoms with van der Waals surface area (Å²) >= 11 is 1.78. The van der Waals surface area contributed by atoms with E-state index in [0.717, 1.165) is 47.5 Å². The maximum Gasteiger partial charge on any atom is 0.166 e. The first kappa shape index (κ1) is 34.5. The molecule has 1 saturated heterocycles. The maximum absolute atomic E-state index is 6.55. The maximum atomic E-state index is 6.55. The van der Waals surface area contributed by atoms with Crippen LogP contribution < -0.4 is 10.5 Å². The first-order valence-electron chi connectivity index (χ1n) is 17.2. The van der Waals surface area contributed by atoms with Crippen molar-refractivity contribution < 1.29 is 4.74 Å². The van der Waals surface area contributed by atoms with Crippen LogP contribution in [0.3, 0.4) is 0 Å². The summed E-state index contributed by atoms with van der Waals surface area (Å²) in [6.07, 6.45) is 11.0. The molecule has 1 aliphatic carbocycles. The molecule has 3 aromatic rings. The standard InChI is InChI=1S/C40H56N4OS/c1-37(2,3)31-22-27(13-18-40(10)16-11-12-17-40)21-30(34(31)38(4,5)6)26-45-32-23-29(24-42-35(32)41)33-25-43-36(46-33)28-14-19-44(20-15-28)39(7,8)9/h21-25,28H,11-12,14-17,19-20,26H2,1-10H3,(H2,41,42). The molecular weight excluding hydrogens is 585 g/mol. The number of thiazole rings is 1. The van der Waals surface area contributed by atoms with Gasteiger partial charge in [0.15, 0.2) is 11.6 Å². The fraction of sp³-hybridized carbons (Fsp3) is 0.600. The third-order valence-corrected chi connectivity index (χ3v) is 11.1.